The molecular formula is C24H33O3P. The molecule has 2 aromatic carbocycles. The third kappa shape index (κ3) is 4.64. The summed E-state index contributed by atoms with van der Waals surface area (Å²) in [5, 5.41) is 2.21. The minimum Gasteiger partial charge on any atom is -0.399 e. The van der Waals surface area contributed by atoms with Crippen molar-refractivity contribution in [2.45, 2.75) is 67.2 Å². The zero-order valence-corrected chi connectivity index (χ0v) is 19.0. The Hall–Kier alpha value is -1.70. The smallest absolute Gasteiger partial charge is 0.387 e. The Bertz CT molecular complexity index is 934. The van der Waals surface area contributed by atoms with Crippen LogP contribution in [0.4, 0.5) is 0 Å². The monoisotopic (exact) mass is 400 g/mol. The van der Waals surface area contributed by atoms with E-state index in [1.54, 1.807) is 0 Å². The van der Waals surface area contributed by atoms with E-state index in [-0.39, 0.29) is 0 Å². The van der Waals surface area contributed by atoms with Gasteiger partial charge in [-0.3, -0.25) is 4.52 Å². The molecule has 0 aliphatic carbocycles. The predicted molar refractivity (Wildman–Crippen MR) is 120 cm³/mol. The van der Waals surface area contributed by atoms with Crippen molar-refractivity contribution in [3.8, 4) is 0 Å². The average molecular weight is 400 g/mol. The molecule has 0 spiro atoms. The summed E-state index contributed by atoms with van der Waals surface area (Å²) >= 11 is 0. The van der Waals surface area contributed by atoms with E-state index in [4.69, 9.17) is 12.9 Å². The van der Waals surface area contributed by atoms with Crippen molar-refractivity contribution in [2.75, 3.05) is 6.61 Å². The number of hydrogen-bond donors (Lipinski definition) is 0. The number of aryl methyl sites for hydroxylation is 4. The summed E-state index contributed by atoms with van der Waals surface area (Å²) in [6.07, 6.45) is 4.77. The van der Waals surface area contributed by atoms with Gasteiger partial charge in [0.05, 0.1) is 6.61 Å². The molecule has 3 rings (SSSR count). The largest absolute Gasteiger partial charge is 0.399 e. The molecule has 0 aliphatic rings. The molecule has 0 bridgehead atoms. The van der Waals surface area contributed by atoms with Crippen LogP contribution in [0.2, 0.25) is 0 Å². The van der Waals surface area contributed by atoms with Gasteiger partial charge < -0.3 is 8.39 Å². The first kappa shape index (κ1) is 21.0. The number of hydrogen-bond acceptors (Lipinski definition) is 3. The summed E-state index contributed by atoms with van der Waals surface area (Å²) in [6, 6.07) is 8.71. The van der Waals surface area contributed by atoms with E-state index in [9.17, 15) is 0 Å². The van der Waals surface area contributed by atoms with Crippen molar-refractivity contribution in [3.63, 3.8) is 0 Å². The lowest BCUT2D eigenvalue weighted by Crippen LogP contribution is -2.09. The minimum absolute atomic E-state index is 0.551. The highest BCUT2D eigenvalue weighted by molar-refractivity contribution is 7.31. The molecule has 1 heterocycles. The minimum atomic E-state index is -1.48. The number of rotatable bonds is 7. The molecule has 152 valence electrons. The fourth-order valence-electron chi connectivity index (χ4n) is 3.84. The van der Waals surface area contributed by atoms with Gasteiger partial charge in [-0.1, -0.05) is 45.2 Å². The van der Waals surface area contributed by atoms with Gasteiger partial charge in [0.1, 0.15) is 11.2 Å². The maximum atomic E-state index is 6.34. The number of unbranched alkanes of at least 4 members (excludes halogenated alkanes) is 1. The maximum Gasteiger partial charge on any atom is 0.387 e. The fraction of sp³-hybridized carbons (Fsp3) is 0.500. The Balaban J connectivity index is 2.16. The lowest BCUT2D eigenvalue weighted by molar-refractivity contribution is 0.276. The van der Waals surface area contributed by atoms with Crippen molar-refractivity contribution in [1.29, 1.82) is 0 Å². The highest BCUT2D eigenvalue weighted by Crippen LogP contribution is 2.37. The Kier molecular flexibility index (Phi) is 6.91. The number of fused-ring (bicyclic) bond motifs is 3. The number of benzene rings is 2. The Morgan fingerprint density at radius 3 is 1.86 bits per heavy atom. The first-order chi connectivity index (χ1) is 13.4. The molecule has 0 saturated heterocycles. The van der Waals surface area contributed by atoms with Gasteiger partial charge in [-0.2, -0.15) is 0 Å². The van der Waals surface area contributed by atoms with Crippen molar-refractivity contribution in [2.24, 2.45) is 5.92 Å². The molecule has 3 nitrogen and oxygen atoms in total. The summed E-state index contributed by atoms with van der Waals surface area (Å²) in [4.78, 5) is 0. The van der Waals surface area contributed by atoms with Crippen LogP contribution in [-0.2, 0) is 0 Å². The van der Waals surface area contributed by atoms with E-state index in [1.165, 1.54) is 30.4 Å². The molecule has 1 atom stereocenters. The summed E-state index contributed by atoms with van der Waals surface area (Å²) < 4.78 is 18.9. The summed E-state index contributed by atoms with van der Waals surface area (Å²) in [5.74, 6) is 0.551. The van der Waals surface area contributed by atoms with Gasteiger partial charge >= 0.3 is 8.24 Å². The van der Waals surface area contributed by atoms with Gasteiger partial charge in [0, 0.05) is 10.8 Å². The predicted octanol–water partition coefficient (Wildman–Crippen LogP) is 8.17. The van der Waals surface area contributed by atoms with Crippen LogP contribution in [0, 0.1) is 33.6 Å². The van der Waals surface area contributed by atoms with Crippen LogP contribution in [0.25, 0.3) is 21.9 Å². The fourth-order valence-corrected chi connectivity index (χ4v) is 5.09. The second-order valence-corrected chi connectivity index (χ2v) is 9.11. The Morgan fingerprint density at radius 2 is 1.39 bits per heavy atom. The molecule has 0 aliphatic heterocycles. The zero-order chi connectivity index (χ0) is 20.3. The second-order valence-electron chi connectivity index (χ2n) is 8.04. The van der Waals surface area contributed by atoms with E-state index >= 15 is 0 Å². The van der Waals surface area contributed by atoms with E-state index < -0.39 is 8.24 Å². The molecule has 0 N–H and O–H groups in total. The van der Waals surface area contributed by atoms with Gasteiger partial charge in [-0.15, -0.1) is 0 Å². The van der Waals surface area contributed by atoms with Crippen LogP contribution >= 0.6 is 8.24 Å². The van der Waals surface area contributed by atoms with Gasteiger partial charge in [0.2, 0.25) is 0 Å². The molecular weight excluding hydrogens is 367 g/mol. The first-order valence-corrected chi connectivity index (χ1v) is 11.5. The van der Waals surface area contributed by atoms with Crippen LogP contribution in [-0.4, -0.2) is 6.61 Å². The van der Waals surface area contributed by atoms with Gasteiger partial charge in [0.15, 0.2) is 0 Å². The van der Waals surface area contributed by atoms with Crippen molar-refractivity contribution in [1.82, 2.24) is 0 Å². The van der Waals surface area contributed by atoms with E-state index in [0.717, 1.165) is 39.5 Å². The van der Waals surface area contributed by atoms with Crippen LogP contribution in [0.3, 0.4) is 0 Å². The second kappa shape index (κ2) is 9.20. The third-order valence-electron chi connectivity index (χ3n) is 5.42. The molecule has 1 aromatic heterocycles. The van der Waals surface area contributed by atoms with Crippen LogP contribution in [0.1, 0.15) is 61.8 Å². The molecule has 1 unspecified atom stereocenters. The maximum absolute atomic E-state index is 6.34. The lowest BCUT2D eigenvalue weighted by atomic mass is 10.0. The van der Waals surface area contributed by atoms with Crippen LogP contribution in [0.5, 0.6) is 0 Å². The average Bonchev–Trinajstić information content (AvgIpc) is 2.80. The molecule has 0 amide bonds. The van der Waals surface area contributed by atoms with Crippen molar-refractivity contribution in [3.05, 3.63) is 46.5 Å². The molecule has 4 heteroatoms. The van der Waals surface area contributed by atoms with Gasteiger partial charge in [-0.25, -0.2) is 0 Å². The van der Waals surface area contributed by atoms with Gasteiger partial charge in [-0.05, 0) is 74.4 Å². The Labute approximate surface area is 169 Å². The normalized spacial score (nSPS) is 12.6. The lowest BCUT2D eigenvalue weighted by Gasteiger charge is -2.12. The van der Waals surface area contributed by atoms with E-state index in [2.05, 4.69) is 65.8 Å². The highest BCUT2D eigenvalue weighted by atomic mass is 31.1. The molecule has 28 heavy (non-hydrogen) atoms. The topological polar surface area (TPSA) is 35.5 Å². The quantitative estimate of drug-likeness (QED) is 0.401. The van der Waals surface area contributed by atoms with E-state index in [0.29, 0.717) is 12.5 Å². The summed E-state index contributed by atoms with van der Waals surface area (Å²) in [7, 11) is -1.48. The van der Waals surface area contributed by atoms with Crippen molar-refractivity contribution < 1.29 is 12.9 Å². The molecule has 0 saturated carbocycles. The first-order valence-electron chi connectivity index (χ1n) is 10.4. The Morgan fingerprint density at radius 1 is 0.857 bits per heavy atom. The summed E-state index contributed by atoms with van der Waals surface area (Å²) in [6.45, 7) is 13.6. The molecule has 0 fully saturated rings. The van der Waals surface area contributed by atoms with Crippen molar-refractivity contribution >= 4 is 30.2 Å². The highest BCUT2D eigenvalue weighted by Gasteiger charge is 2.14. The van der Waals surface area contributed by atoms with E-state index in [1.807, 2.05) is 0 Å². The third-order valence-corrected chi connectivity index (χ3v) is 6.44. The SMILES string of the molecule is CCCCC(CC)COp1oc2c(C)cc(C)cc2c2cc(C)cc(C)c2o1. The summed E-state index contributed by atoms with van der Waals surface area (Å²) in [5.41, 5.74) is 6.48. The zero-order valence-electron chi connectivity index (χ0n) is 18.1. The van der Waals surface area contributed by atoms with Crippen LogP contribution < -0.4 is 4.52 Å². The van der Waals surface area contributed by atoms with Gasteiger partial charge in [0.25, 0.3) is 0 Å². The standard InChI is InChI=1S/C24H33O3P/c1-7-9-10-20(8-2)15-25-28-26-23-18(5)11-16(3)13-21(23)22-14-17(4)12-19(6)24(22)27-28/h11-14,20H,7-10,15H2,1-6H3. The molecule has 0 radical (unpaired) electrons. The van der Waals surface area contributed by atoms with Crippen LogP contribution in [0.15, 0.2) is 32.7 Å². The molecule has 3 aromatic rings.